The van der Waals surface area contributed by atoms with Crippen molar-refractivity contribution in [2.75, 3.05) is 30.9 Å². The summed E-state index contributed by atoms with van der Waals surface area (Å²) in [5.74, 6) is -0.308. The van der Waals surface area contributed by atoms with Gasteiger partial charge in [0.05, 0.1) is 40.3 Å². The summed E-state index contributed by atoms with van der Waals surface area (Å²) in [6.07, 6.45) is 6.24. The van der Waals surface area contributed by atoms with Gasteiger partial charge in [0.2, 0.25) is 0 Å². The molecule has 220 valence electrons. The predicted molar refractivity (Wildman–Crippen MR) is 165 cm³/mol. The van der Waals surface area contributed by atoms with Gasteiger partial charge in [-0.1, -0.05) is 17.7 Å². The van der Waals surface area contributed by atoms with Gasteiger partial charge in [-0.05, 0) is 67.6 Å². The molecule has 2 amide bonds. The lowest BCUT2D eigenvalue weighted by Gasteiger charge is -2.18. The number of nitrogens with two attached hydrogens (primary N) is 2. The number of nitrogens with zero attached hydrogens (tertiary/aromatic N) is 3. The third kappa shape index (κ3) is 6.64. The Balaban J connectivity index is 1.50. The van der Waals surface area contributed by atoms with Gasteiger partial charge in [0.15, 0.2) is 0 Å². The highest BCUT2D eigenvalue weighted by Crippen LogP contribution is 2.34. The molecular formula is C30H34ClFN8O2. The van der Waals surface area contributed by atoms with Crippen molar-refractivity contribution >= 4 is 46.0 Å². The molecule has 1 fully saturated rings. The lowest BCUT2D eigenvalue weighted by Crippen LogP contribution is -2.31. The maximum atomic E-state index is 13.9. The number of methoxy groups -OCH3 is 1. The van der Waals surface area contributed by atoms with Crippen LogP contribution in [0.15, 0.2) is 59.9 Å². The van der Waals surface area contributed by atoms with E-state index in [1.807, 2.05) is 37.4 Å². The topological polar surface area (TPSA) is 144 Å². The predicted octanol–water partition coefficient (Wildman–Crippen LogP) is 5.20. The minimum absolute atomic E-state index is 0.125. The molecule has 1 aliphatic carbocycles. The Labute approximate surface area is 248 Å². The number of hydrogen-bond donors (Lipinski definition) is 5. The number of carbonyl (C=O) groups excluding carboxylic acids is 1. The Kier molecular flexibility index (Phi) is 8.91. The molecule has 1 saturated carbocycles. The molecule has 2 aromatic carbocycles. The number of hydrogen-bond acceptors (Lipinski definition) is 6. The number of urea groups is 1. The molecule has 1 aliphatic rings. The van der Waals surface area contributed by atoms with Gasteiger partial charge < -0.3 is 32.2 Å². The number of ether oxygens (including phenoxy) is 1. The third-order valence-electron chi connectivity index (χ3n) is 7.27. The van der Waals surface area contributed by atoms with Crippen LogP contribution >= 0.6 is 11.6 Å². The second-order valence-corrected chi connectivity index (χ2v) is 10.8. The van der Waals surface area contributed by atoms with E-state index in [0.29, 0.717) is 24.4 Å². The summed E-state index contributed by atoms with van der Waals surface area (Å²) in [6.45, 7) is 2.83. The van der Waals surface area contributed by atoms with Gasteiger partial charge in [-0.25, -0.2) is 18.7 Å². The number of halogens is 2. The van der Waals surface area contributed by atoms with E-state index in [0.717, 1.165) is 47.2 Å². The van der Waals surface area contributed by atoms with Crippen LogP contribution in [0.4, 0.5) is 26.2 Å². The van der Waals surface area contributed by atoms with Crippen molar-refractivity contribution in [2.24, 2.45) is 16.5 Å². The monoisotopic (exact) mass is 592 g/mol. The molecule has 0 saturated heterocycles. The van der Waals surface area contributed by atoms with Gasteiger partial charge in [0.1, 0.15) is 11.7 Å². The Hall–Kier alpha value is -4.19. The smallest absolute Gasteiger partial charge is 0.319 e. The minimum atomic E-state index is -0.461. The molecule has 0 aliphatic heterocycles. The highest BCUT2D eigenvalue weighted by molar-refractivity contribution is 6.33. The van der Waals surface area contributed by atoms with Crippen molar-refractivity contribution in [1.82, 2.24) is 14.9 Å². The number of rotatable bonds is 9. The molecule has 4 aromatic rings. The lowest BCUT2D eigenvalue weighted by molar-refractivity contribution is 0.198. The van der Waals surface area contributed by atoms with Crippen molar-refractivity contribution in [3.05, 3.63) is 76.8 Å². The lowest BCUT2D eigenvalue weighted by atomic mass is 10.0. The molecule has 10 nitrogen and oxygen atoms in total. The SMILES string of the molecule is COCCNC(=O)Nc1ccc(-c2cc3c(N[C@@H]4CC[C@H](N)C4)c(/C(N)=N/c4cc(F)ccc4Cl)cnn3c2)c(C)c1. The molecule has 2 heterocycles. The number of nitrogens with one attached hydrogen (secondary N) is 3. The Morgan fingerprint density at radius 1 is 1.24 bits per heavy atom. The number of anilines is 2. The average molecular weight is 593 g/mol. The van der Waals surface area contributed by atoms with Crippen molar-refractivity contribution in [2.45, 2.75) is 38.3 Å². The highest BCUT2D eigenvalue weighted by atomic mass is 35.5. The molecule has 2 aromatic heterocycles. The Bertz CT molecular complexity index is 1640. The summed E-state index contributed by atoms with van der Waals surface area (Å²) in [6, 6.07) is 11.7. The van der Waals surface area contributed by atoms with Crippen LogP contribution in [0.2, 0.25) is 5.02 Å². The summed E-state index contributed by atoms with van der Waals surface area (Å²) < 4.78 is 20.7. The molecule has 0 unspecified atom stereocenters. The second-order valence-electron chi connectivity index (χ2n) is 10.4. The molecular weight excluding hydrogens is 559 g/mol. The summed E-state index contributed by atoms with van der Waals surface area (Å²) in [5, 5.41) is 14.1. The van der Waals surface area contributed by atoms with Crippen LogP contribution in [0.5, 0.6) is 0 Å². The number of fused-ring (bicyclic) bond motifs is 1. The molecule has 12 heteroatoms. The summed E-state index contributed by atoms with van der Waals surface area (Å²) in [7, 11) is 1.58. The Morgan fingerprint density at radius 3 is 2.81 bits per heavy atom. The molecule has 0 bridgehead atoms. The zero-order valence-corrected chi connectivity index (χ0v) is 24.2. The summed E-state index contributed by atoms with van der Waals surface area (Å²) >= 11 is 6.26. The van der Waals surface area contributed by atoms with E-state index in [-0.39, 0.29) is 34.7 Å². The molecule has 0 spiro atoms. The standard InChI is InChI=1S/C30H34ClFN8O2/c1-17-11-21(38-30(41)35-9-10-42-2)6-7-23(17)18-12-27-28(37-22-5-4-20(33)14-22)24(15-36-40(27)16-18)29(34)39-26-13-19(32)3-8-25(26)31/h3,6-8,11-13,15-16,20,22,37H,4-5,9-10,14,33H2,1-2H3,(H2,34,39)(H2,35,38,41)/t20-,22+/m0/s1. The minimum Gasteiger partial charge on any atom is -0.383 e. The number of amides is 2. The summed E-state index contributed by atoms with van der Waals surface area (Å²) in [4.78, 5) is 16.6. The van der Waals surface area contributed by atoms with Crippen LogP contribution in [0, 0.1) is 12.7 Å². The first kappa shape index (κ1) is 29.3. The van der Waals surface area contributed by atoms with Crippen LogP contribution < -0.4 is 27.4 Å². The fourth-order valence-corrected chi connectivity index (χ4v) is 5.33. The van der Waals surface area contributed by atoms with E-state index in [1.54, 1.807) is 17.8 Å². The second kappa shape index (κ2) is 12.8. The van der Waals surface area contributed by atoms with Gasteiger partial charge in [-0.2, -0.15) is 5.10 Å². The first-order valence-electron chi connectivity index (χ1n) is 13.7. The van der Waals surface area contributed by atoms with E-state index in [9.17, 15) is 9.18 Å². The molecule has 2 atom stereocenters. The highest BCUT2D eigenvalue weighted by Gasteiger charge is 2.25. The van der Waals surface area contributed by atoms with Crippen LogP contribution in [-0.2, 0) is 4.74 Å². The van der Waals surface area contributed by atoms with Gasteiger partial charge in [-0.15, -0.1) is 0 Å². The van der Waals surface area contributed by atoms with E-state index < -0.39 is 5.82 Å². The van der Waals surface area contributed by atoms with Crippen molar-refractivity contribution < 1.29 is 13.9 Å². The maximum Gasteiger partial charge on any atom is 0.319 e. The third-order valence-corrected chi connectivity index (χ3v) is 7.59. The van der Waals surface area contributed by atoms with Gasteiger partial charge >= 0.3 is 6.03 Å². The maximum absolute atomic E-state index is 13.9. The van der Waals surface area contributed by atoms with Crippen molar-refractivity contribution in [1.29, 1.82) is 0 Å². The number of benzene rings is 2. The fourth-order valence-electron chi connectivity index (χ4n) is 5.17. The average Bonchev–Trinajstić information content (AvgIpc) is 3.57. The van der Waals surface area contributed by atoms with E-state index in [4.69, 9.17) is 27.8 Å². The zero-order chi connectivity index (χ0) is 29.8. The normalized spacial score (nSPS) is 17.0. The Morgan fingerprint density at radius 2 is 2.07 bits per heavy atom. The van der Waals surface area contributed by atoms with Gasteiger partial charge in [0, 0.05) is 49.3 Å². The fraction of sp³-hybridized carbons (Fsp3) is 0.300. The largest absolute Gasteiger partial charge is 0.383 e. The van der Waals surface area contributed by atoms with Crippen molar-refractivity contribution in [3.8, 4) is 11.1 Å². The van der Waals surface area contributed by atoms with Crippen molar-refractivity contribution in [3.63, 3.8) is 0 Å². The van der Waals surface area contributed by atoms with Crippen LogP contribution in [-0.4, -0.2) is 53.8 Å². The number of amidine groups is 1. The van der Waals surface area contributed by atoms with Crippen LogP contribution in [0.1, 0.15) is 30.4 Å². The zero-order valence-electron chi connectivity index (χ0n) is 23.5. The van der Waals surface area contributed by atoms with Crippen LogP contribution in [0.3, 0.4) is 0 Å². The van der Waals surface area contributed by atoms with Gasteiger partial charge in [-0.3, -0.25) is 0 Å². The van der Waals surface area contributed by atoms with E-state index in [2.05, 4.69) is 26.0 Å². The van der Waals surface area contributed by atoms with E-state index in [1.165, 1.54) is 18.2 Å². The number of aryl methyl sites for hydroxylation is 1. The quantitative estimate of drug-likeness (QED) is 0.103. The molecule has 5 rings (SSSR count). The molecule has 42 heavy (non-hydrogen) atoms. The first-order valence-corrected chi connectivity index (χ1v) is 14.1. The van der Waals surface area contributed by atoms with Crippen LogP contribution in [0.25, 0.3) is 16.6 Å². The molecule has 0 radical (unpaired) electrons. The van der Waals surface area contributed by atoms with Gasteiger partial charge in [0.25, 0.3) is 0 Å². The number of carbonyl (C=O) groups is 1. The van der Waals surface area contributed by atoms with E-state index >= 15 is 0 Å². The number of aromatic nitrogens is 2. The number of aliphatic imine (C=N–C) groups is 1. The first-order chi connectivity index (χ1) is 20.2. The molecule has 7 N–H and O–H groups in total. The summed E-state index contributed by atoms with van der Waals surface area (Å²) in [5.41, 5.74) is 18.6.